The second-order valence-electron chi connectivity index (χ2n) is 7.42. The van der Waals surface area contributed by atoms with Crippen molar-refractivity contribution >= 4 is 17.7 Å². The van der Waals surface area contributed by atoms with Crippen LogP contribution in [0, 0.1) is 11.8 Å². The Hall–Kier alpha value is -0.520. The first-order valence-corrected chi connectivity index (χ1v) is 10.3. The number of carbonyl (C=O) groups is 1. The Morgan fingerprint density at radius 2 is 1.91 bits per heavy atom. The third kappa shape index (κ3) is 4.97. The first-order valence-electron chi connectivity index (χ1n) is 9.28. The minimum Gasteiger partial charge on any atom is -0.332 e. The minimum absolute atomic E-state index is 0.214. The molecule has 0 spiro atoms. The predicted octanol–water partition coefficient (Wildman–Crippen LogP) is 2.57. The smallest absolute Gasteiger partial charge is 0.246 e. The van der Waals surface area contributed by atoms with Crippen LogP contribution in [0.25, 0.3) is 0 Å². The molecule has 0 aromatic rings. The van der Waals surface area contributed by atoms with E-state index in [1.165, 1.54) is 44.3 Å². The van der Waals surface area contributed by atoms with Crippen molar-refractivity contribution in [2.24, 2.45) is 11.8 Å². The van der Waals surface area contributed by atoms with Crippen LogP contribution in [0.4, 0.5) is 0 Å². The largest absolute Gasteiger partial charge is 0.332 e. The van der Waals surface area contributed by atoms with Gasteiger partial charge in [-0.1, -0.05) is 25.8 Å². The van der Waals surface area contributed by atoms with Crippen molar-refractivity contribution in [3.05, 3.63) is 12.2 Å². The van der Waals surface area contributed by atoms with Gasteiger partial charge in [0.25, 0.3) is 0 Å². The number of carbonyl (C=O) groups excluding carboxylic acids is 1. The molecular formula is C18H31N3OS. The molecule has 130 valence electrons. The third-order valence-corrected chi connectivity index (χ3v) is 6.90. The Morgan fingerprint density at radius 1 is 1.17 bits per heavy atom. The van der Waals surface area contributed by atoms with Crippen LogP contribution in [-0.2, 0) is 4.79 Å². The molecule has 0 radical (unpaired) electrons. The number of nitrogens with zero attached hydrogens (tertiary/aromatic N) is 1. The molecule has 2 N–H and O–H groups in total. The standard InChI is InChI=1S/C18H31N3OS/c1-14-4-6-15(7-5-14)8-9-18(22)21(16-11-19-20-12-16)13-17-3-2-10-23-17/h8-9,14-17,19-20H,2-7,10-13H2,1H3/b9-8+. The number of hydrazine groups is 1. The van der Waals surface area contributed by atoms with Crippen molar-refractivity contribution in [3.63, 3.8) is 0 Å². The molecule has 0 aromatic carbocycles. The number of rotatable bonds is 5. The van der Waals surface area contributed by atoms with Gasteiger partial charge in [0.2, 0.25) is 5.91 Å². The summed E-state index contributed by atoms with van der Waals surface area (Å²) < 4.78 is 0. The van der Waals surface area contributed by atoms with E-state index in [0.29, 0.717) is 17.2 Å². The SMILES string of the molecule is CC1CCC(/C=C/C(=O)N(CC2CCCS2)C2CNNC2)CC1. The van der Waals surface area contributed by atoms with E-state index in [4.69, 9.17) is 0 Å². The fraction of sp³-hybridized carbons (Fsp3) is 0.833. The Kier molecular flexibility index (Phi) is 6.43. The van der Waals surface area contributed by atoms with Gasteiger partial charge in [0.15, 0.2) is 0 Å². The minimum atomic E-state index is 0.214. The lowest BCUT2D eigenvalue weighted by Gasteiger charge is -2.30. The van der Waals surface area contributed by atoms with Crippen LogP contribution in [0.1, 0.15) is 45.4 Å². The van der Waals surface area contributed by atoms with Gasteiger partial charge in [0.05, 0.1) is 6.04 Å². The van der Waals surface area contributed by atoms with Crippen LogP contribution >= 0.6 is 11.8 Å². The summed E-state index contributed by atoms with van der Waals surface area (Å²) in [5.74, 6) is 2.94. The highest BCUT2D eigenvalue weighted by Gasteiger charge is 2.29. The van der Waals surface area contributed by atoms with Gasteiger partial charge in [-0.25, -0.2) is 0 Å². The maximum atomic E-state index is 12.8. The molecule has 1 amide bonds. The van der Waals surface area contributed by atoms with Gasteiger partial charge < -0.3 is 4.90 Å². The maximum absolute atomic E-state index is 12.8. The van der Waals surface area contributed by atoms with Gasteiger partial charge in [-0.2, -0.15) is 11.8 Å². The molecule has 1 aliphatic carbocycles. The van der Waals surface area contributed by atoms with Crippen LogP contribution < -0.4 is 10.9 Å². The van der Waals surface area contributed by atoms with Gasteiger partial charge in [-0.05, 0) is 49.3 Å². The third-order valence-electron chi connectivity index (χ3n) is 5.52. The van der Waals surface area contributed by atoms with Crippen molar-refractivity contribution < 1.29 is 4.79 Å². The van der Waals surface area contributed by atoms with Crippen molar-refractivity contribution in [3.8, 4) is 0 Å². The zero-order valence-corrected chi connectivity index (χ0v) is 15.1. The van der Waals surface area contributed by atoms with E-state index in [9.17, 15) is 4.79 Å². The molecular weight excluding hydrogens is 306 g/mol. The van der Waals surface area contributed by atoms with Gasteiger partial charge in [0, 0.05) is 24.9 Å². The molecule has 3 fully saturated rings. The van der Waals surface area contributed by atoms with Gasteiger partial charge >= 0.3 is 0 Å². The Balaban J connectivity index is 1.57. The summed E-state index contributed by atoms with van der Waals surface area (Å²) in [5.41, 5.74) is 6.34. The highest BCUT2D eigenvalue weighted by atomic mass is 32.2. The quantitative estimate of drug-likeness (QED) is 0.757. The summed E-state index contributed by atoms with van der Waals surface area (Å²) in [6, 6.07) is 0.291. The number of hydrogen-bond donors (Lipinski definition) is 2. The van der Waals surface area contributed by atoms with Crippen LogP contribution in [0.15, 0.2) is 12.2 Å². The van der Waals surface area contributed by atoms with E-state index in [-0.39, 0.29) is 5.91 Å². The van der Waals surface area contributed by atoms with Crippen molar-refractivity contribution in [1.82, 2.24) is 15.8 Å². The number of amides is 1. The molecule has 0 aromatic heterocycles. The van der Waals surface area contributed by atoms with E-state index in [2.05, 4.69) is 28.8 Å². The molecule has 2 aliphatic heterocycles. The highest BCUT2D eigenvalue weighted by Crippen LogP contribution is 2.30. The summed E-state index contributed by atoms with van der Waals surface area (Å²) >= 11 is 2.03. The van der Waals surface area contributed by atoms with Crippen molar-refractivity contribution in [2.75, 3.05) is 25.4 Å². The molecule has 5 heteroatoms. The predicted molar refractivity (Wildman–Crippen MR) is 97.2 cm³/mol. The van der Waals surface area contributed by atoms with Gasteiger partial charge in [0.1, 0.15) is 0 Å². The van der Waals surface area contributed by atoms with Gasteiger partial charge in [-0.3, -0.25) is 15.6 Å². The number of thioether (sulfide) groups is 1. The highest BCUT2D eigenvalue weighted by molar-refractivity contribution is 8.00. The molecule has 0 bridgehead atoms. The van der Waals surface area contributed by atoms with Gasteiger partial charge in [-0.15, -0.1) is 0 Å². The van der Waals surface area contributed by atoms with Crippen LogP contribution in [-0.4, -0.2) is 47.5 Å². The van der Waals surface area contributed by atoms with E-state index in [1.807, 2.05) is 17.8 Å². The van der Waals surface area contributed by atoms with E-state index < -0.39 is 0 Å². The van der Waals surface area contributed by atoms with E-state index >= 15 is 0 Å². The maximum Gasteiger partial charge on any atom is 0.246 e. The zero-order chi connectivity index (χ0) is 16.1. The van der Waals surface area contributed by atoms with Crippen molar-refractivity contribution in [2.45, 2.75) is 56.7 Å². The van der Waals surface area contributed by atoms with Crippen LogP contribution in [0.5, 0.6) is 0 Å². The molecule has 3 rings (SSSR count). The molecule has 1 atom stereocenters. The average molecular weight is 338 g/mol. The van der Waals surface area contributed by atoms with E-state index in [1.54, 1.807) is 0 Å². The molecule has 23 heavy (non-hydrogen) atoms. The average Bonchev–Trinajstić information content (AvgIpc) is 3.25. The molecule has 1 saturated carbocycles. The van der Waals surface area contributed by atoms with Crippen LogP contribution in [0.2, 0.25) is 0 Å². The topological polar surface area (TPSA) is 44.4 Å². The Bertz CT molecular complexity index is 408. The normalized spacial score (nSPS) is 32.7. The summed E-state index contributed by atoms with van der Waals surface area (Å²) in [5, 5.41) is 0.628. The molecule has 2 saturated heterocycles. The number of allylic oxidation sites excluding steroid dienone is 1. The molecule has 2 heterocycles. The van der Waals surface area contributed by atoms with Crippen LogP contribution in [0.3, 0.4) is 0 Å². The summed E-state index contributed by atoms with van der Waals surface area (Å²) in [7, 11) is 0. The summed E-state index contributed by atoms with van der Waals surface area (Å²) in [4.78, 5) is 14.9. The fourth-order valence-corrected chi connectivity index (χ4v) is 5.16. The monoisotopic (exact) mass is 337 g/mol. The number of hydrogen-bond acceptors (Lipinski definition) is 4. The lowest BCUT2D eigenvalue weighted by molar-refractivity contribution is -0.127. The number of nitrogens with one attached hydrogen (secondary N) is 2. The first-order chi connectivity index (χ1) is 11.2. The fourth-order valence-electron chi connectivity index (χ4n) is 3.89. The first kappa shape index (κ1) is 17.3. The summed E-state index contributed by atoms with van der Waals surface area (Å²) in [6.07, 6.45) is 11.7. The molecule has 4 nitrogen and oxygen atoms in total. The van der Waals surface area contributed by atoms with E-state index in [0.717, 1.165) is 25.6 Å². The zero-order valence-electron chi connectivity index (χ0n) is 14.3. The lowest BCUT2D eigenvalue weighted by Crippen LogP contribution is -2.45. The molecule has 1 unspecified atom stereocenters. The molecule has 3 aliphatic rings. The Labute approximate surface area is 144 Å². The lowest BCUT2D eigenvalue weighted by atomic mass is 9.83. The Morgan fingerprint density at radius 3 is 2.57 bits per heavy atom. The van der Waals surface area contributed by atoms with Crippen molar-refractivity contribution in [1.29, 1.82) is 0 Å². The second-order valence-corrected chi connectivity index (χ2v) is 8.83. The second kappa shape index (κ2) is 8.54. The summed E-state index contributed by atoms with van der Waals surface area (Å²) in [6.45, 7) is 4.96.